The van der Waals surface area contributed by atoms with E-state index < -0.39 is 5.41 Å². The van der Waals surface area contributed by atoms with Crippen molar-refractivity contribution in [1.29, 1.82) is 0 Å². The summed E-state index contributed by atoms with van der Waals surface area (Å²) in [6.07, 6.45) is 0.332. The fourth-order valence-corrected chi connectivity index (χ4v) is 4.05. The van der Waals surface area contributed by atoms with Crippen LogP contribution in [0.2, 0.25) is 0 Å². The first kappa shape index (κ1) is 20.1. The van der Waals surface area contributed by atoms with Gasteiger partial charge < -0.3 is 20.9 Å². The van der Waals surface area contributed by atoms with Crippen molar-refractivity contribution in [3.8, 4) is 11.5 Å². The number of benzene rings is 2. The highest BCUT2D eigenvalue weighted by molar-refractivity contribution is 7.80. The molecule has 0 spiro atoms. The van der Waals surface area contributed by atoms with Crippen LogP contribution in [-0.2, 0) is 5.41 Å². The second kappa shape index (κ2) is 8.01. The third kappa shape index (κ3) is 3.52. The molecule has 0 amide bonds. The van der Waals surface area contributed by atoms with Gasteiger partial charge in [-0.15, -0.1) is 0 Å². The van der Waals surface area contributed by atoms with Crippen LogP contribution in [0.3, 0.4) is 0 Å². The van der Waals surface area contributed by atoms with Gasteiger partial charge in [0.1, 0.15) is 0 Å². The number of hydrogen-bond donors (Lipinski definition) is 2. The summed E-state index contributed by atoms with van der Waals surface area (Å²) < 4.78 is 10.8. The highest BCUT2D eigenvalue weighted by Crippen LogP contribution is 2.42. The van der Waals surface area contributed by atoms with Gasteiger partial charge in [-0.05, 0) is 48.2 Å². The molecular formula is C20H24N2O2S2. The maximum Gasteiger partial charge on any atom is 0.161 e. The van der Waals surface area contributed by atoms with E-state index >= 15 is 0 Å². The van der Waals surface area contributed by atoms with E-state index in [0.717, 1.165) is 22.3 Å². The second-order valence-corrected chi connectivity index (χ2v) is 7.21. The molecule has 2 aromatic carbocycles. The Morgan fingerprint density at radius 2 is 1.54 bits per heavy atom. The molecule has 0 aliphatic carbocycles. The normalized spacial score (nSPS) is 12.9. The van der Waals surface area contributed by atoms with Crippen LogP contribution in [-0.4, -0.2) is 24.2 Å². The maximum absolute atomic E-state index is 6.33. The molecule has 26 heavy (non-hydrogen) atoms. The molecule has 0 heterocycles. The zero-order valence-corrected chi connectivity index (χ0v) is 17.1. The van der Waals surface area contributed by atoms with E-state index in [0.29, 0.717) is 27.9 Å². The molecule has 0 aliphatic heterocycles. The van der Waals surface area contributed by atoms with Crippen LogP contribution in [0.25, 0.3) is 0 Å². The monoisotopic (exact) mass is 388 g/mol. The van der Waals surface area contributed by atoms with Crippen LogP contribution in [0.15, 0.2) is 36.4 Å². The minimum Gasteiger partial charge on any atom is -0.493 e. The Balaban J connectivity index is 2.89. The van der Waals surface area contributed by atoms with Gasteiger partial charge >= 0.3 is 0 Å². The minimum absolute atomic E-state index is 0.315. The van der Waals surface area contributed by atoms with Crippen LogP contribution in [0.4, 0.5) is 0 Å². The number of methoxy groups -OCH3 is 2. The van der Waals surface area contributed by atoms with Gasteiger partial charge in [0.15, 0.2) is 11.5 Å². The first-order valence-electron chi connectivity index (χ1n) is 8.15. The third-order valence-corrected chi connectivity index (χ3v) is 5.14. The molecule has 138 valence electrons. The van der Waals surface area contributed by atoms with E-state index in [1.54, 1.807) is 14.2 Å². The molecule has 4 N–H and O–H groups in total. The van der Waals surface area contributed by atoms with E-state index in [1.807, 2.05) is 50.2 Å². The Morgan fingerprint density at radius 3 is 2.00 bits per heavy atom. The zero-order valence-electron chi connectivity index (χ0n) is 15.5. The molecule has 4 nitrogen and oxygen atoms in total. The molecule has 2 aromatic rings. The third-order valence-electron chi connectivity index (χ3n) is 4.64. The van der Waals surface area contributed by atoms with Crippen LogP contribution in [0, 0.1) is 13.8 Å². The van der Waals surface area contributed by atoms with E-state index in [4.69, 9.17) is 45.4 Å². The average molecular weight is 389 g/mol. The molecule has 1 atom stereocenters. The number of rotatable bonds is 7. The van der Waals surface area contributed by atoms with Crippen molar-refractivity contribution in [1.82, 2.24) is 0 Å². The molecule has 0 radical (unpaired) electrons. The first-order valence-corrected chi connectivity index (χ1v) is 8.97. The zero-order chi connectivity index (χ0) is 19.5. The summed E-state index contributed by atoms with van der Waals surface area (Å²) in [5.41, 5.74) is 15.5. The number of hydrogen-bond acceptors (Lipinski definition) is 4. The summed E-state index contributed by atoms with van der Waals surface area (Å²) in [5, 5.41) is 0. The van der Waals surface area contributed by atoms with Crippen molar-refractivity contribution >= 4 is 34.4 Å². The van der Waals surface area contributed by atoms with E-state index in [1.165, 1.54) is 0 Å². The van der Waals surface area contributed by atoms with Gasteiger partial charge in [-0.1, -0.05) is 48.7 Å². The van der Waals surface area contributed by atoms with Gasteiger partial charge in [-0.2, -0.15) is 0 Å². The standard InChI is InChI=1S/C20H24N2O2S2/c1-12-6-5-7-13(2)18(12)20(19(22)26,11-17(21)25)14-8-9-15(23-3)16(10-14)24-4/h5-10H,11H2,1-4H3,(H2,21,25)(H2,22,26). The highest BCUT2D eigenvalue weighted by Gasteiger charge is 2.41. The maximum atomic E-state index is 6.33. The lowest BCUT2D eigenvalue weighted by molar-refractivity contribution is 0.354. The first-order chi connectivity index (χ1) is 12.3. The van der Waals surface area contributed by atoms with Crippen molar-refractivity contribution in [3.05, 3.63) is 58.7 Å². The molecule has 0 saturated heterocycles. The lowest BCUT2D eigenvalue weighted by atomic mass is 9.69. The molecule has 0 saturated carbocycles. The highest BCUT2D eigenvalue weighted by atomic mass is 32.1. The SMILES string of the molecule is COc1ccc(C(CC(N)=S)(C(N)=S)c2c(C)cccc2C)cc1OC. The smallest absolute Gasteiger partial charge is 0.161 e. The van der Waals surface area contributed by atoms with Crippen molar-refractivity contribution < 1.29 is 9.47 Å². The Morgan fingerprint density at radius 1 is 0.962 bits per heavy atom. The predicted molar refractivity (Wildman–Crippen MR) is 114 cm³/mol. The van der Waals surface area contributed by atoms with Gasteiger partial charge in [-0.25, -0.2) is 0 Å². The van der Waals surface area contributed by atoms with Crippen LogP contribution in [0.5, 0.6) is 11.5 Å². The number of ether oxygens (including phenoxy) is 2. The van der Waals surface area contributed by atoms with E-state index in [2.05, 4.69) is 0 Å². The predicted octanol–water partition coefficient (Wildman–Crippen LogP) is 3.57. The molecule has 0 aromatic heterocycles. The largest absolute Gasteiger partial charge is 0.493 e. The molecule has 6 heteroatoms. The lowest BCUT2D eigenvalue weighted by Gasteiger charge is -2.36. The summed E-state index contributed by atoms with van der Waals surface area (Å²) >= 11 is 10.8. The van der Waals surface area contributed by atoms with Gasteiger partial charge in [0.05, 0.1) is 29.6 Å². The van der Waals surface area contributed by atoms with Crippen molar-refractivity contribution in [2.75, 3.05) is 14.2 Å². The minimum atomic E-state index is -0.823. The average Bonchev–Trinajstić information content (AvgIpc) is 2.59. The topological polar surface area (TPSA) is 70.5 Å². The van der Waals surface area contributed by atoms with E-state index in [-0.39, 0.29) is 0 Å². The summed E-state index contributed by atoms with van der Waals surface area (Å²) in [6.45, 7) is 4.07. The Bertz CT molecular complexity index is 831. The van der Waals surface area contributed by atoms with Gasteiger partial charge in [0, 0.05) is 6.42 Å². The van der Waals surface area contributed by atoms with Gasteiger partial charge in [0.25, 0.3) is 0 Å². The Kier molecular flexibility index (Phi) is 6.21. The lowest BCUT2D eigenvalue weighted by Crippen LogP contribution is -2.45. The summed E-state index contributed by atoms with van der Waals surface area (Å²) in [4.78, 5) is 0.658. The molecule has 2 rings (SSSR count). The van der Waals surface area contributed by atoms with Crippen molar-refractivity contribution in [2.45, 2.75) is 25.7 Å². The Hall–Kier alpha value is -2.18. The molecule has 0 bridgehead atoms. The fraction of sp³-hybridized carbons (Fsp3) is 0.300. The number of aryl methyl sites for hydroxylation is 2. The summed E-state index contributed by atoms with van der Waals surface area (Å²) in [6, 6.07) is 11.8. The van der Waals surface area contributed by atoms with E-state index in [9.17, 15) is 0 Å². The fourth-order valence-electron chi connectivity index (χ4n) is 3.54. The van der Waals surface area contributed by atoms with Crippen LogP contribution < -0.4 is 20.9 Å². The Labute approximate surface area is 165 Å². The van der Waals surface area contributed by atoms with Crippen LogP contribution >= 0.6 is 24.4 Å². The quantitative estimate of drug-likeness (QED) is 0.707. The van der Waals surface area contributed by atoms with Crippen molar-refractivity contribution in [2.24, 2.45) is 11.5 Å². The van der Waals surface area contributed by atoms with Crippen LogP contribution in [0.1, 0.15) is 28.7 Å². The van der Waals surface area contributed by atoms with Gasteiger partial charge in [0.2, 0.25) is 0 Å². The summed E-state index contributed by atoms with van der Waals surface area (Å²) in [5.74, 6) is 1.23. The van der Waals surface area contributed by atoms with Crippen molar-refractivity contribution in [3.63, 3.8) is 0 Å². The summed E-state index contributed by atoms with van der Waals surface area (Å²) in [7, 11) is 3.19. The second-order valence-electron chi connectivity index (χ2n) is 6.25. The number of nitrogens with two attached hydrogens (primary N) is 2. The van der Waals surface area contributed by atoms with Gasteiger partial charge in [-0.3, -0.25) is 0 Å². The molecule has 0 fully saturated rings. The molecule has 1 unspecified atom stereocenters. The molecule has 0 aliphatic rings. The molecular weight excluding hydrogens is 364 g/mol. The number of thiocarbonyl (C=S) groups is 2.